The van der Waals surface area contributed by atoms with E-state index in [-0.39, 0.29) is 11.4 Å². The van der Waals surface area contributed by atoms with Crippen LogP contribution in [0.25, 0.3) is 0 Å². The summed E-state index contributed by atoms with van der Waals surface area (Å²) in [5.74, 6) is 0.473. The van der Waals surface area contributed by atoms with Crippen LogP contribution in [-0.4, -0.2) is 23.0 Å². The summed E-state index contributed by atoms with van der Waals surface area (Å²) in [5.41, 5.74) is 1.33. The maximum Gasteiger partial charge on any atom is 0.269 e. The van der Waals surface area contributed by atoms with Gasteiger partial charge in [0, 0.05) is 24.0 Å². The third-order valence-corrected chi connectivity index (χ3v) is 2.52. The molecule has 0 bridgehead atoms. The Morgan fingerprint density at radius 1 is 1.37 bits per heavy atom. The summed E-state index contributed by atoms with van der Waals surface area (Å²) in [4.78, 5) is 16.1. The van der Waals surface area contributed by atoms with Crippen LogP contribution in [0.4, 0.5) is 5.69 Å². The summed E-state index contributed by atoms with van der Waals surface area (Å²) >= 11 is 0. The monoisotopic (exact) mass is 263 g/mol. The van der Waals surface area contributed by atoms with Gasteiger partial charge in [0.15, 0.2) is 0 Å². The van der Waals surface area contributed by atoms with Crippen LogP contribution in [0.3, 0.4) is 0 Å². The summed E-state index contributed by atoms with van der Waals surface area (Å²) in [5, 5.41) is 6.22. The Kier molecular flexibility index (Phi) is 5.33. The Balaban J connectivity index is 2.63. The maximum atomic E-state index is 11.9. The van der Waals surface area contributed by atoms with Crippen LogP contribution in [0, 0.1) is 5.92 Å². The number of aromatic nitrogens is 1. The molecule has 1 aromatic heterocycles. The highest BCUT2D eigenvalue weighted by atomic mass is 16.1. The van der Waals surface area contributed by atoms with E-state index in [1.165, 1.54) is 0 Å². The number of rotatable bonds is 5. The van der Waals surface area contributed by atoms with E-state index in [9.17, 15) is 4.79 Å². The molecule has 0 saturated heterocycles. The summed E-state index contributed by atoms with van der Waals surface area (Å²) < 4.78 is 0. The van der Waals surface area contributed by atoms with Crippen molar-refractivity contribution in [2.75, 3.05) is 11.9 Å². The van der Waals surface area contributed by atoms with Gasteiger partial charge in [-0.15, -0.1) is 0 Å². The highest BCUT2D eigenvalue weighted by molar-refractivity contribution is 5.93. The van der Waals surface area contributed by atoms with Crippen molar-refractivity contribution in [1.82, 2.24) is 10.3 Å². The second-order valence-corrected chi connectivity index (χ2v) is 6.24. The molecule has 0 atom stereocenters. The molecular formula is C15H25N3O. The summed E-state index contributed by atoms with van der Waals surface area (Å²) in [6.45, 7) is 11.2. The highest BCUT2D eigenvalue weighted by Crippen LogP contribution is 2.14. The molecule has 106 valence electrons. The molecule has 4 heteroatoms. The largest absolute Gasteiger partial charge is 0.380 e. The molecule has 1 amide bonds. The number of hydrogen-bond donors (Lipinski definition) is 2. The lowest BCUT2D eigenvalue weighted by Crippen LogP contribution is -2.28. The zero-order valence-electron chi connectivity index (χ0n) is 12.6. The number of carbonyl (C=O) groups excluding carboxylic acids is 1. The van der Waals surface area contributed by atoms with Crippen LogP contribution in [0.2, 0.25) is 0 Å². The normalized spacial score (nSPS) is 11.5. The molecule has 1 rings (SSSR count). The predicted molar refractivity (Wildman–Crippen MR) is 79.4 cm³/mol. The number of carbonyl (C=O) groups is 1. The van der Waals surface area contributed by atoms with E-state index in [1.807, 2.05) is 6.07 Å². The Morgan fingerprint density at radius 3 is 2.63 bits per heavy atom. The fourth-order valence-electron chi connectivity index (χ4n) is 1.63. The van der Waals surface area contributed by atoms with E-state index in [0.717, 1.165) is 12.1 Å². The van der Waals surface area contributed by atoms with Gasteiger partial charge in [-0.2, -0.15) is 0 Å². The Hall–Kier alpha value is -1.58. The zero-order chi connectivity index (χ0) is 14.5. The number of pyridine rings is 1. The number of nitrogens with zero attached hydrogens (tertiary/aromatic N) is 1. The molecule has 0 aliphatic rings. The van der Waals surface area contributed by atoms with E-state index in [4.69, 9.17) is 0 Å². The minimum absolute atomic E-state index is 0.0350. The molecule has 1 aromatic rings. The SMILES string of the molecule is CC(C)CCNC(=O)c1cc(NC(C)(C)C)ccn1. The Morgan fingerprint density at radius 2 is 2.05 bits per heavy atom. The number of nitrogens with one attached hydrogen (secondary N) is 2. The van der Waals surface area contributed by atoms with Crippen LogP contribution in [0.1, 0.15) is 51.5 Å². The fraction of sp³-hybridized carbons (Fsp3) is 0.600. The van der Waals surface area contributed by atoms with Gasteiger partial charge in [0.05, 0.1) is 0 Å². The molecule has 19 heavy (non-hydrogen) atoms. The van der Waals surface area contributed by atoms with Gasteiger partial charge >= 0.3 is 0 Å². The standard InChI is InChI=1S/C15H25N3O/c1-11(2)6-8-17-14(19)13-10-12(7-9-16-13)18-15(3,4)5/h7,9-11H,6,8H2,1-5H3,(H,16,18)(H,17,19). The molecule has 0 aliphatic carbocycles. The highest BCUT2D eigenvalue weighted by Gasteiger charge is 2.12. The second-order valence-electron chi connectivity index (χ2n) is 6.24. The van der Waals surface area contributed by atoms with Crippen molar-refractivity contribution in [3.63, 3.8) is 0 Å². The minimum Gasteiger partial charge on any atom is -0.380 e. The van der Waals surface area contributed by atoms with Crippen molar-refractivity contribution in [3.05, 3.63) is 24.0 Å². The molecule has 0 aromatic carbocycles. The average molecular weight is 263 g/mol. The third-order valence-electron chi connectivity index (χ3n) is 2.52. The molecular weight excluding hydrogens is 238 g/mol. The molecule has 0 radical (unpaired) electrons. The average Bonchev–Trinajstić information content (AvgIpc) is 2.26. The number of amides is 1. The first-order valence-electron chi connectivity index (χ1n) is 6.80. The van der Waals surface area contributed by atoms with Gasteiger partial charge in [0.25, 0.3) is 5.91 Å². The van der Waals surface area contributed by atoms with E-state index in [1.54, 1.807) is 12.3 Å². The molecule has 0 unspecified atom stereocenters. The lowest BCUT2D eigenvalue weighted by molar-refractivity contribution is 0.0947. The Labute approximate surface area is 116 Å². The van der Waals surface area contributed by atoms with E-state index < -0.39 is 0 Å². The maximum absolute atomic E-state index is 11.9. The first-order chi connectivity index (χ1) is 8.78. The summed E-state index contributed by atoms with van der Waals surface area (Å²) in [6.07, 6.45) is 2.64. The van der Waals surface area contributed by atoms with E-state index >= 15 is 0 Å². The molecule has 4 nitrogen and oxygen atoms in total. The molecule has 0 saturated carbocycles. The van der Waals surface area contributed by atoms with Crippen LogP contribution < -0.4 is 10.6 Å². The molecule has 0 spiro atoms. The quantitative estimate of drug-likeness (QED) is 0.858. The first-order valence-corrected chi connectivity index (χ1v) is 6.80. The summed E-state index contributed by atoms with van der Waals surface area (Å²) in [7, 11) is 0. The molecule has 2 N–H and O–H groups in total. The molecule has 0 fully saturated rings. The van der Waals surface area contributed by atoms with Gasteiger partial charge in [-0.1, -0.05) is 13.8 Å². The van der Waals surface area contributed by atoms with Gasteiger partial charge in [-0.3, -0.25) is 9.78 Å². The van der Waals surface area contributed by atoms with Crippen LogP contribution in [0.5, 0.6) is 0 Å². The van der Waals surface area contributed by atoms with Crippen LogP contribution in [-0.2, 0) is 0 Å². The van der Waals surface area contributed by atoms with Crippen LogP contribution >= 0.6 is 0 Å². The fourth-order valence-corrected chi connectivity index (χ4v) is 1.63. The van der Waals surface area contributed by atoms with Crippen molar-refractivity contribution in [2.24, 2.45) is 5.92 Å². The molecule has 1 heterocycles. The zero-order valence-corrected chi connectivity index (χ0v) is 12.6. The Bertz CT molecular complexity index is 422. The smallest absolute Gasteiger partial charge is 0.269 e. The van der Waals surface area contributed by atoms with Gasteiger partial charge in [-0.25, -0.2) is 0 Å². The third kappa shape index (κ3) is 6.22. The minimum atomic E-state index is -0.113. The second kappa shape index (κ2) is 6.55. The van der Waals surface area contributed by atoms with Crippen molar-refractivity contribution in [3.8, 4) is 0 Å². The lowest BCUT2D eigenvalue weighted by Gasteiger charge is -2.22. The van der Waals surface area contributed by atoms with Gasteiger partial charge in [-0.05, 0) is 45.2 Å². The van der Waals surface area contributed by atoms with Crippen molar-refractivity contribution in [1.29, 1.82) is 0 Å². The topological polar surface area (TPSA) is 54.0 Å². The van der Waals surface area contributed by atoms with E-state index in [2.05, 4.69) is 50.2 Å². The van der Waals surface area contributed by atoms with Gasteiger partial charge < -0.3 is 10.6 Å². The van der Waals surface area contributed by atoms with Gasteiger partial charge in [0.1, 0.15) is 5.69 Å². The number of hydrogen-bond acceptors (Lipinski definition) is 3. The lowest BCUT2D eigenvalue weighted by atomic mass is 10.1. The first kappa shape index (κ1) is 15.5. The van der Waals surface area contributed by atoms with E-state index in [0.29, 0.717) is 18.2 Å². The molecule has 0 aliphatic heterocycles. The number of anilines is 1. The van der Waals surface area contributed by atoms with Crippen molar-refractivity contribution < 1.29 is 4.79 Å². The van der Waals surface area contributed by atoms with Crippen LogP contribution in [0.15, 0.2) is 18.3 Å². The summed E-state index contributed by atoms with van der Waals surface area (Å²) in [6, 6.07) is 3.66. The predicted octanol–water partition coefficient (Wildman–Crippen LogP) is 3.07. The van der Waals surface area contributed by atoms with Crippen molar-refractivity contribution >= 4 is 11.6 Å². The van der Waals surface area contributed by atoms with Gasteiger partial charge in [0.2, 0.25) is 0 Å². The van der Waals surface area contributed by atoms with Crippen molar-refractivity contribution in [2.45, 2.75) is 46.6 Å².